The molecule has 3 nitrogen and oxygen atoms in total. The van der Waals surface area contributed by atoms with Crippen molar-refractivity contribution in [3.8, 4) is 5.75 Å². The van der Waals surface area contributed by atoms with E-state index < -0.39 is 39.1 Å². The second-order valence-corrected chi connectivity index (χ2v) is 9.46. The zero-order chi connectivity index (χ0) is 18.3. The first-order valence-electron chi connectivity index (χ1n) is 7.28. The predicted octanol–water partition coefficient (Wildman–Crippen LogP) is 2.64. The summed E-state index contributed by atoms with van der Waals surface area (Å²) >= 11 is 4.50. The van der Waals surface area contributed by atoms with Gasteiger partial charge in [-0.2, -0.15) is 13.2 Å². The fourth-order valence-electron chi connectivity index (χ4n) is 3.10. The van der Waals surface area contributed by atoms with Crippen LogP contribution in [0.15, 0.2) is 12.1 Å². The fourth-order valence-corrected chi connectivity index (χ4v) is 4.73. The zero-order valence-corrected chi connectivity index (χ0v) is 16.1. The standard InChI is InChI=1S/C15H20F3O3PS2/c1-13(2,7-14(19,8-24(20)23)15(16,17)18)11-6-10(22)5-9-3-4-21-12(9)11/h5-6,19H,3-4,7-8,22H2,1-2H3,(H,20,23)/t14-,24?/m1/s1. The minimum Gasteiger partial charge on any atom is -0.493 e. The maximum Gasteiger partial charge on any atom is 0.418 e. The highest BCUT2D eigenvalue weighted by atomic mass is 32.8. The molecule has 1 aromatic carbocycles. The molecule has 2 N–H and O–H groups in total. The van der Waals surface area contributed by atoms with Gasteiger partial charge in [0.05, 0.1) is 12.4 Å². The third-order valence-electron chi connectivity index (χ3n) is 4.16. The summed E-state index contributed by atoms with van der Waals surface area (Å²) in [6, 6.07) is 3.69. The van der Waals surface area contributed by atoms with Crippen molar-refractivity contribution in [2.45, 2.75) is 43.9 Å². The Morgan fingerprint density at radius 1 is 1.33 bits per heavy atom. The normalized spacial score (nSPS) is 18.7. The summed E-state index contributed by atoms with van der Waals surface area (Å²) in [4.78, 5) is 0. The number of benzene rings is 1. The molecule has 0 spiro atoms. The third kappa shape index (κ3) is 4.10. The first-order valence-corrected chi connectivity index (χ1v) is 10.1. The molecule has 0 aromatic heterocycles. The van der Waals surface area contributed by atoms with E-state index in [4.69, 9.17) is 4.74 Å². The van der Waals surface area contributed by atoms with Gasteiger partial charge in [0.15, 0.2) is 5.60 Å². The van der Waals surface area contributed by atoms with E-state index >= 15 is 0 Å². The lowest BCUT2D eigenvalue weighted by Crippen LogP contribution is -2.52. The smallest absolute Gasteiger partial charge is 0.418 e. The van der Waals surface area contributed by atoms with Crippen LogP contribution >= 0.6 is 9.24 Å². The van der Waals surface area contributed by atoms with Gasteiger partial charge in [-0.05, 0) is 46.0 Å². The highest BCUT2D eigenvalue weighted by Crippen LogP contribution is 2.45. The van der Waals surface area contributed by atoms with E-state index in [-0.39, 0.29) is 0 Å². The molecule has 1 aliphatic heterocycles. The molecule has 1 aromatic rings. The molecule has 9 heteroatoms. The van der Waals surface area contributed by atoms with Crippen molar-refractivity contribution in [2.24, 2.45) is 0 Å². The van der Waals surface area contributed by atoms with Gasteiger partial charge < -0.3 is 14.4 Å². The van der Waals surface area contributed by atoms with Gasteiger partial charge in [0, 0.05) is 21.7 Å². The summed E-state index contributed by atoms with van der Waals surface area (Å²) in [6.45, 7) is 3.75. The van der Waals surface area contributed by atoms with Crippen LogP contribution in [0.25, 0.3) is 0 Å². The molecule has 0 saturated heterocycles. The van der Waals surface area contributed by atoms with Crippen LogP contribution < -0.4 is 10.0 Å². The van der Waals surface area contributed by atoms with E-state index in [1.54, 1.807) is 19.9 Å². The minimum atomic E-state index is -4.89. The Hall–Kier alpha value is -0.270. The Balaban J connectivity index is 2.45. The number of hydrogen-bond donors (Lipinski definition) is 2. The molecule has 136 valence electrons. The number of aliphatic hydroxyl groups is 1. The molecule has 1 heterocycles. The van der Waals surface area contributed by atoms with Crippen LogP contribution in [0, 0.1) is 0 Å². The van der Waals surface area contributed by atoms with Gasteiger partial charge in [-0.3, -0.25) is 0 Å². The Kier molecular flexibility index (Phi) is 5.68. The number of rotatable bonds is 5. The van der Waals surface area contributed by atoms with Crippen LogP contribution in [0.1, 0.15) is 31.4 Å². The van der Waals surface area contributed by atoms with Crippen molar-refractivity contribution in [3.05, 3.63) is 23.3 Å². The van der Waals surface area contributed by atoms with Gasteiger partial charge in [-0.15, -0.1) is 9.24 Å². The van der Waals surface area contributed by atoms with Crippen LogP contribution in [0.4, 0.5) is 13.2 Å². The van der Waals surface area contributed by atoms with E-state index in [2.05, 4.69) is 20.4 Å². The summed E-state index contributed by atoms with van der Waals surface area (Å²) in [5, 5.41) is 11.1. The molecule has 0 amide bonds. The molecule has 3 atom stereocenters. The predicted molar refractivity (Wildman–Crippen MR) is 95.9 cm³/mol. The number of hydrogen-bond acceptors (Lipinski definition) is 3. The molecular formula is C15H20F3O3PS2. The quantitative estimate of drug-likeness (QED) is 0.747. The molecule has 0 saturated carbocycles. The number of ether oxygens (including phenoxy) is 1. The van der Waals surface area contributed by atoms with Crippen LogP contribution in [0.3, 0.4) is 0 Å². The minimum absolute atomic E-state index is 0.488. The SMILES string of the molecule is CC(C)(C[C@@](O)(CS(O)=S)C(F)(F)F)c1cc(P)cc2c1OCC2. The monoisotopic (exact) mass is 400 g/mol. The number of fused-ring (bicyclic) bond motifs is 1. The second kappa shape index (κ2) is 6.80. The van der Waals surface area contributed by atoms with Gasteiger partial charge in [0.2, 0.25) is 0 Å². The largest absolute Gasteiger partial charge is 0.493 e. The Labute approximate surface area is 148 Å². The Morgan fingerprint density at radius 2 is 1.96 bits per heavy atom. The van der Waals surface area contributed by atoms with Crippen LogP contribution in [0.2, 0.25) is 0 Å². The van der Waals surface area contributed by atoms with E-state index in [0.717, 1.165) is 10.9 Å². The summed E-state index contributed by atoms with van der Waals surface area (Å²) in [5.74, 6) is -0.323. The van der Waals surface area contributed by atoms with E-state index in [9.17, 15) is 22.8 Å². The average molecular weight is 400 g/mol. The molecule has 1 aliphatic rings. The topological polar surface area (TPSA) is 49.7 Å². The molecule has 24 heavy (non-hydrogen) atoms. The third-order valence-corrected chi connectivity index (χ3v) is 5.57. The van der Waals surface area contributed by atoms with Crippen molar-refractivity contribution in [1.29, 1.82) is 0 Å². The maximum absolute atomic E-state index is 13.4. The van der Waals surface area contributed by atoms with Gasteiger partial charge in [0.1, 0.15) is 5.75 Å². The molecule has 0 fully saturated rings. The van der Waals surface area contributed by atoms with E-state index in [1.165, 1.54) is 0 Å². The summed E-state index contributed by atoms with van der Waals surface area (Å²) in [6.07, 6.45) is -4.80. The van der Waals surface area contributed by atoms with Crippen molar-refractivity contribution < 1.29 is 27.6 Å². The van der Waals surface area contributed by atoms with Crippen LogP contribution in [0.5, 0.6) is 5.75 Å². The van der Waals surface area contributed by atoms with Gasteiger partial charge in [-0.1, -0.05) is 13.8 Å². The van der Waals surface area contributed by atoms with Crippen molar-refractivity contribution in [1.82, 2.24) is 0 Å². The molecule has 2 unspecified atom stereocenters. The summed E-state index contributed by atoms with van der Waals surface area (Å²) < 4.78 is 55.2. The van der Waals surface area contributed by atoms with E-state index in [0.29, 0.717) is 24.3 Å². The molecular weight excluding hydrogens is 380 g/mol. The lowest BCUT2D eigenvalue weighted by molar-refractivity contribution is -0.257. The second-order valence-electron chi connectivity index (χ2n) is 6.71. The first kappa shape index (κ1) is 20.0. The van der Waals surface area contributed by atoms with Gasteiger partial charge in [-0.25, -0.2) is 0 Å². The van der Waals surface area contributed by atoms with Crippen molar-refractivity contribution in [3.63, 3.8) is 0 Å². The Bertz CT molecular complexity index is 664. The molecule has 2 rings (SSSR count). The summed E-state index contributed by atoms with van der Waals surface area (Å²) in [7, 11) is 0.594. The molecule has 0 aliphatic carbocycles. The molecule has 0 radical (unpaired) electrons. The first-order chi connectivity index (χ1) is 10.9. The summed E-state index contributed by atoms with van der Waals surface area (Å²) in [5.41, 5.74) is -2.52. The fraction of sp³-hybridized carbons (Fsp3) is 0.600. The Morgan fingerprint density at radius 3 is 2.50 bits per heavy atom. The van der Waals surface area contributed by atoms with E-state index in [1.807, 2.05) is 6.07 Å². The lowest BCUT2D eigenvalue weighted by Gasteiger charge is -2.38. The van der Waals surface area contributed by atoms with Gasteiger partial charge in [0.25, 0.3) is 0 Å². The zero-order valence-electron chi connectivity index (χ0n) is 13.3. The lowest BCUT2D eigenvalue weighted by atomic mass is 9.74. The molecule has 0 bridgehead atoms. The number of alkyl halides is 3. The average Bonchev–Trinajstić information content (AvgIpc) is 2.82. The highest BCUT2D eigenvalue weighted by molar-refractivity contribution is 8.25. The maximum atomic E-state index is 13.4. The van der Waals surface area contributed by atoms with Crippen LogP contribution in [-0.2, 0) is 32.8 Å². The number of halogens is 3. The highest BCUT2D eigenvalue weighted by Gasteiger charge is 2.56. The van der Waals surface area contributed by atoms with Crippen molar-refractivity contribution in [2.75, 3.05) is 12.4 Å². The van der Waals surface area contributed by atoms with Gasteiger partial charge >= 0.3 is 6.18 Å². The van der Waals surface area contributed by atoms with Crippen molar-refractivity contribution >= 4 is 35.5 Å². The van der Waals surface area contributed by atoms with Crippen LogP contribution in [-0.4, -0.2) is 33.8 Å².